The Balaban J connectivity index is 1.30. The van der Waals surface area contributed by atoms with Gasteiger partial charge in [0.15, 0.2) is 0 Å². The summed E-state index contributed by atoms with van der Waals surface area (Å²) in [4.78, 5) is 2.50. The van der Waals surface area contributed by atoms with Crippen LogP contribution in [0.5, 0.6) is 0 Å². The molecule has 0 spiro atoms. The summed E-state index contributed by atoms with van der Waals surface area (Å²) in [6.07, 6.45) is 0. The predicted molar refractivity (Wildman–Crippen MR) is 277 cm³/mol. The van der Waals surface area contributed by atoms with Gasteiger partial charge < -0.3 is 9.32 Å². The van der Waals surface area contributed by atoms with Crippen LogP contribution in [0.3, 0.4) is 0 Å². The van der Waals surface area contributed by atoms with E-state index in [-0.39, 0.29) is 21.7 Å². The van der Waals surface area contributed by atoms with Crippen LogP contribution in [0.1, 0.15) is 105 Å². The Bertz CT molecular complexity index is 3130. The van der Waals surface area contributed by atoms with Crippen LogP contribution in [0.25, 0.3) is 66.1 Å². The SMILES string of the molecule is CC(C)(C)c1cc(-c2cccc3cccc(-c4ccccc4N(c4cccc(-c5ccc6c(c5)oc5ccccc56)c4)c4cc(C(C)(C)C)cc(C(C)(C)C)c4)c23)cc(C(C)(C)C)c1. The van der Waals surface area contributed by atoms with E-state index in [1.807, 2.05) is 12.1 Å². The molecule has 64 heavy (non-hydrogen) atoms. The van der Waals surface area contributed by atoms with Crippen LogP contribution < -0.4 is 4.90 Å². The van der Waals surface area contributed by atoms with E-state index in [1.165, 1.54) is 55.3 Å². The monoisotopic (exact) mass is 837 g/mol. The lowest BCUT2D eigenvalue weighted by molar-refractivity contribution is 0.568. The van der Waals surface area contributed by atoms with E-state index in [0.717, 1.165) is 50.1 Å². The summed E-state index contributed by atoms with van der Waals surface area (Å²) in [7, 11) is 0. The van der Waals surface area contributed by atoms with E-state index < -0.39 is 0 Å². The first kappa shape index (κ1) is 42.9. The molecule has 0 unspecified atom stereocenters. The number of rotatable bonds is 6. The number of para-hydroxylation sites is 2. The summed E-state index contributed by atoms with van der Waals surface area (Å²) in [6, 6.07) is 61.1. The van der Waals surface area contributed by atoms with Gasteiger partial charge in [-0.2, -0.15) is 0 Å². The second-order valence-electron chi connectivity index (χ2n) is 22.0. The lowest BCUT2D eigenvalue weighted by Gasteiger charge is -2.32. The van der Waals surface area contributed by atoms with Gasteiger partial charge in [-0.05, 0) is 131 Å². The number of hydrogen-bond donors (Lipinski definition) is 0. The van der Waals surface area contributed by atoms with Gasteiger partial charge in [0.1, 0.15) is 11.2 Å². The van der Waals surface area contributed by atoms with Gasteiger partial charge in [-0.15, -0.1) is 0 Å². The van der Waals surface area contributed by atoms with Crippen molar-refractivity contribution in [3.63, 3.8) is 0 Å². The highest BCUT2D eigenvalue weighted by atomic mass is 16.3. The summed E-state index contributed by atoms with van der Waals surface area (Å²) < 4.78 is 6.40. The minimum atomic E-state index is -0.0664. The van der Waals surface area contributed by atoms with Crippen molar-refractivity contribution in [3.05, 3.63) is 186 Å². The van der Waals surface area contributed by atoms with Gasteiger partial charge in [-0.1, -0.05) is 198 Å². The van der Waals surface area contributed by atoms with Crippen LogP contribution in [0.4, 0.5) is 17.1 Å². The molecule has 0 amide bonds. The van der Waals surface area contributed by atoms with Crippen molar-refractivity contribution in [2.45, 2.75) is 105 Å². The molecule has 0 fully saturated rings. The summed E-state index contributed by atoms with van der Waals surface area (Å²) in [5.74, 6) is 0. The van der Waals surface area contributed by atoms with Crippen LogP contribution in [0, 0.1) is 0 Å². The highest BCUT2D eigenvalue weighted by Crippen LogP contribution is 2.48. The molecule has 8 aromatic carbocycles. The van der Waals surface area contributed by atoms with Crippen LogP contribution >= 0.6 is 0 Å². The van der Waals surface area contributed by atoms with Gasteiger partial charge in [-0.25, -0.2) is 0 Å². The molecule has 2 nitrogen and oxygen atoms in total. The van der Waals surface area contributed by atoms with E-state index in [0.29, 0.717) is 0 Å². The van der Waals surface area contributed by atoms with Crippen molar-refractivity contribution < 1.29 is 4.42 Å². The normalized spacial score (nSPS) is 12.7. The third kappa shape index (κ3) is 8.16. The zero-order valence-electron chi connectivity index (χ0n) is 39.9. The molecule has 0 aliphatic rings. The highest BCUT2D eigenvalue weighted by molar-refractivity contribution is 6.09. The predicted octanol–water partition coefficient (Wildman–Crippen LogP) is 18.4. The molecular weight excluding hydrogens is 775 g/mol. The maximum atomic E-state index is 6.40. The quantitative estimate of drug-likeness (QED) is 0.166. The van der Waals surface area contributed by atoms with Crippen LogP contribution in [-0.2, 0) is 21.7 Å². The van der Waals surface area contributed by atoms with Gasteiger partial charge in [-0.3, -0.25) is 0 Å². The average molecular weight is 838 g/mol. The third-order valence-corrected chi connectivity index (χ3v) is 13.0. The second-order valence-corrected chi connectivity index (χ2v) is 22.0. The van der Waals surface area contributed by atoms with Crippen molar-refractivity contribution in [1.29, 1.82) is 0 Å². The fourth-order valence-electron chi connectivity index (χ4n) is 9.12. The lowest BCUT2D eigenvalue weighted by Crippen LogP contribution is -2.19. The molecule has 0 aliphatic carbocycles. The van der Waals surface area contributed by atoms with Crippen LogP contribution in [-0.4, -0.2) is 0 Å². The molecule has 2 heteroatoms. The smallest absolute Gasteiger partial charge is 0.136 e. The highest BCUT2D eigenvalue weighted by Gasteiger charge is 2.27. The van der Waals surface area contributed by atoms with Gasteiger partial charge >= 0.3 is 0 Å². The molecule has 0 N–H and O–H groups in total. The molecule has 322 valence electrons. The van der Waals surface area contributed by atoms with E-state index in [9.17, 15) is 0 Å². The molecule has 9 rings (SSSR count). The molecule has 0 radical (unpaired) electrons. The zero-order chi connectivity index (χ0) is 45.3. The molecule has 1 aromatic heterocycles. The number of fused-ring (bicyclic) bond motifs is 4. The Kier molecular flexibility index (Phi) is 10.5. The van der Waals surface area contributed by atoms with E-state index in [4.69, 9.17) is 4.42 Å². The number of anilines is 3. The molecule has 0 saturated heterocycles. The van der Waals surface area contributed by atoms with Crippen molar-refractivity contribution >= 4 is 49.8 Å². The minimum Gasteiger partial charge on any atom is -0.456 e. The minimum absolute atomic E-state index is 0.00359. The Morgan fingerprint density at radius 3 is 1.50 bits per heavy atom. The first-order valence-electron chi connectivity index (χ1n) is 23.0. The standard InChI is InChI=1S/C62H63NO/c1-59(2,3)44-32-43(33-45(36-44)60(4,5)6)50-26-18-20-40-21-19-27-54(58(40)50)51-24-13-15-28-55(51)63(49-38-46(61(7,8)9)37-47(39-49)62(10,11)12)48-23-17-22-41(34-48)42-30-31-53-52-25-14-16-29-56(52)64-57(53)35-42/h13-39H,1-12H3. The summed E-state index contributed by atoms with van der Waals surface area (Å²) in [5, 5.41) is 4.76. The Morgan fingerprint density at radius 2 is 0.859 bits per heavy atom. The fourth-order valence-corrected chi connectivity index (χ4v) is 9.12. The van der Waals surface area contributed by atoms with Crippen molar-refractivity contribution in [2.75, 3.05) is 4.90 Å². The molecule has 0 bridgehead atoms. The van der Waals surface area contributed by atoms with Gasteiger partial charge in [0.25, 0.3) is 0 Å². The first-order chi connectivity index (χ1) is 30.2. The fraction of sp³-hybridized carbons (Fsp3) is 0.258. The van der Waals surface area contributed by atoms with Crippen LogP contribution in [0.15, 0.2) is 168 Å². The van der Waals surface area contributed by atoms with Gasteiger partial charge in [0.2, 0.25) is 0 Å². The van der Waals surface area contributed by atoms with Crippen molar-refractivity contribution in [1.82, 2.24) is 0 Å². The number of hydrogen-bond acceptors (Lipinski definition) is 2. The van der Waals surface area contributed by atoms with Crippen molar-refractivity contribution in [2.24, 2.45) is 0 Å². The summed E-state index contributed by atoms with van der Waals surface area (Å²) in [5.41, 5.74) is 17.5. The largest absolute Gasteiger partial charge is 0.456 e. The molecule has 0 saturated carbocycles. The Labute approximate surface area is 381 Å². The van der Waals surface area contributed by atoms with E-state index in [1.54, 1.807) is 0 Å². The summed E-state index contributed by atoms with van der Waals surface area (Å²) in [6.45, 7) is 27.9. The van der Waals surface area contributed by atoms with Gasteiger partial charge in [0.05, 0.1) is 5.69 Å². The maximum Gasteiger partial charge on any atom is 0.136 e. The average Bonchev–Trinajstić information content (AvgIpc) is 3.63. The number of furan rings is 1. The Morgan fingerprint density at radius 1 is 0.344 bits per heavy atom. The molecular formula is C62H63NO. The third-order valence-electron chi connectivity index (χ3n) is 13.0. The molecule has 9 aromatic rings. The number of benzene rings is 8. The number of nitrogens with zero attached hydrogens (tertiary/aromatic N) is 1. The van der Waals surface area contributed by atoms with Crippen LogP contribution in [0.2, 0.25) is 0 Å². The van der Waals surface area contributed by atoms with E-state index in [2.05, 4.69) is 240 Å². The Hall–Kier alpha value is -6.38. The summed E-state index contributed by atoms with van der Waals surface area (Å²) >= 11 is 0. The molecule has 1 heterocycles. The van der Waals surface area contributed by atoms with Crippen molar-refractivity contribution in [3.8, 4) is 33.4 Å². The van der Waals surface area contributed by atoms with E-state index >= 15 is 0 Å². The first-order valence-corrected chi connectivity index (χ1v) is 23.0. The molecule has 0 aliphatic heterocycles. The second kappa shape index (κ2) is 15.7. The lowest BCUT2D eigenvalue weighted by atomic mass is 9.78. The topological polar surface area (TPSA) is 16.4 Å². The molecule has 0 atom stereocenters. The zero-order valence-corrected chi connectivity index (χ0v) is 39.9. The van der Waals surface area contributed by atoms with Gasteiger partial charge in [0, 0.05) is 27.7 Å². The maximum absolute atomic E-state index is 6.40.